The Labute approximate surface area is 114 Å². The van der Waals surface area contributed by atoms with E-state index >= 15 is 0 Å². The molecule has 1 unspecified atom stereocenters. The molecule has 0 bridgehead atoms. The molecule has 0 fully saturated rings. The summed E-state index contributed by atoms with van der Waals surface area (Å²) in [6.45, 7) is 2.68. The van der Waals surface area contributed by atoms with Crippen molar-refractivity contribution in [3.8, 4) is 0 Å². The van der Waals surface area contributed by atoms with Gasteiger partial charge in [0.25, 0.3) is 0 Å². The summed E-state index contributed by atoms with van der Waals surface area (Å²) in [6.07, 6.45) is 3.57. The van der Waals surface area contributed by atoms with Crippen LogP contribution in [0, 0.1) is 0 Å². The van der Waals surface area contributed by atoms with E-state index in [0.717, 1.165) is 36.3 Å². The Morgan fingerprint density at radius 3 is 2.94 bits per heavy atom. The van der Waals surface area contributed by atoms with E-state index in [1.807, 2.05) is 24.3 Å². The minimum atomic E-state index is -0.385. The highest BCUT2D eigenvalue weighted by molar-refractivity contribution is 6.30. The highest BCUT2D eigenvalue weighted by Crippen LogP contribution is 2.10. The molecule has 3 N–H and O–H groups in total. The molecule has 0 saturated carbocycles. The van der Waals surface area contributed by atoms with Crippen molar-refractivity contribution in [3.63, 3.8) is 0 Å². The molecule has 0 saturated heterocycles. The average Bonchev–Trinajstić information content (AvgIpc) is 2.35. The molecule has 1 aromatic rings. The lowest BCUT2D eigenvalue weighted by Crippen LogP contribution is -2.41. The summed E-state index contributed by atoms with van der Waals surface area (Å²) in [4.78, 5) is 11.6. The molecule has 0 aliphatic rings. The fourth-order valence-corrected chi connectivity index (χ4v) is 1.92. The van der Waals surface area contributed by atoms with Gasteiger partial charge in [-0.05, 0) is 30.5 Å². The Balaban J connectivity index is 2.27. The van der Waals surface area contributed by atoms with Gasteiger partial charge in [0.1, 0.15) is 0 Å². The number of carbonyl (C=O) groups is 1. The highest BCUT2D eigenvalue weighted by atomic mass is 35.5. The summed E-state index contributed by atoms with van der Waals surface area (Å²) in [5, 5.41) is 3.57. The summed E-state index contributed by atoms with van der Waals surface area (Å²) < 4.78 is 0. The van der Waals surface area contributed by atoms with Crippen LogP contribution in [0.3, 0.4) is 0 Å². The Hall–Kier alpha value is -1.06. The molecule has 4 heteroatoms. The normalized spacial score (nSPS) is 12.2. The van der Waals surface area contributed by atoms with Crippen molar-refractivity contribution in [2.24, 2.45) is 5.73 Å². The third-order valence-corrected chi connectivity index (χ3v) is 3.04. The number of halogens is 1. The Morgan fingerprint density at radius 1 is 1.50 bits per heavy atom. The van der Waals surface area contributed by atoms with Crippen LogP contribution in [0.5, 0.6) is 0 Å². The topological polar surface area (TPSA) is 55.1 Å². The lowest BCUT2D eigenvalue weighted by molar-refractivity contribution is -0.122. The zero-order valence-electron chi connectivity index (χ0n) is 10.8. The van der Waals surface area contributed by atoms with Crippen LogP contribution >= 0.6 is 11.6 Å². The maximum Gasteiger partial charge on any atom is 0.236 e. The third kappa shape index (κ3) is 5.52. The molecule has 3 nitrogen and oxygen atoms in total. The van der Waals surface area contributed by atoms with Crippen molar-refractivity contribution < 1.29 is 4.79 Å². The minimum absolute atomic E-state index is 0.0644. The van der Waals surface area contributed by atoms with E-state index in [1.165, 1.54) is 0 Å². The van der Waals surface area contributed by atoms with Crippen molar-refractivity contribution in [3.05, 3.63) is 34.9 Å². The first-order chi connectivity index (χ1) is 8.63. The van der Waals surface area contributed by atoms with E-state index < -0.39 is 0 Å². The van der Waals surface area contributed by atoms with Gasteiger partial charge >= 0.3 is 0 Å². The minimum Gasteiger partial charge on any atom is -0.354 e. The molecule has 100 valence electrons. The van der Waals surface area contributed by atoms with Gasteiger partial charge in [0.15, 0.2) is 0 Å². The van der Waals surface area contributed by atoms with Crippen LogP contribution in [0.25, 0.3) is 0 Å². The summed E-state index contributed by atoms with van der Waals surface area (Å²) in [6, 6.07) is 7.26. The standard InChI is InChI=1S/C14H21ClN2O/c1-2-3-7-13(16)14(18)17-9-8-11-5-4-6-12(15)10-11/h4-6,10,13H,2-3,7-9,16H2,1H3,(H,17,18). The lowest BCUT2D eigenvalue weighted by Gasteiger charge is -2.11. The molecule has 0 aromatic heterocycles. The van der Waals surface area contributed by atoms with Crippen LogP contribution in [0.15, 0.2) is 24.3 Å². The molecule has 0 heterocycles. The summed E-state index contributed by atoms with van der Waals surface area (Å²) in [7, 11) is 0. The van der Waals surface area contributed by atoms with E-state index in [1.54, 1.807) is 0 Å². The van der Waals surface area contributed by atoms with E-state index in [2.05, 4.69) is 12.2 Å². The number of rotatable bonds is 7. The smallest absolute Gasteiger partial charge is 0.236 e. The second kappa shape index (κ2) is 8.11. The number of nitrogens with one attached hydrogen (secondary N) is 1. The quantitative estimate of drug-likeness (QED) is 0.798. The molecular weight excluding hydrogens is 248 g/mol. The van der Waals surface area contributed by atoms with Gasteiger partial charge in [-0.2, -0.15) is 0 Å². The molecule has 1 amide bonds. The number of carbonyl (C=O) groups excluding carboxylic acids is 1. The van der Waals surface area contributed by atoms with Gasteiger partial charge in [-0.1, -0.05) is 43.5 Å². The second-order valence-electron chi connectivity index (χ2n) is 4.42. The predicted molar refractivity (Wildman–Crippen MR) is 75.7 cm³/mol. The van der Waals surface area contributed by atoms with E-state index in [4.69, 9.17) is 17.3 Å². The SMILES string of the molecule is CCCCC(N)C(=O)NCCc1cccc(Cl)c1. The van der Waals surface area contributed by atoms with Crippen molar-refractivity contribution in [2.45, 2.75) is 38.6 Å². The Morgan fingerprint density at radius 2 is 2.28 bits per heavy atom. The van der Waals surface area contributed by atoms with E-state index in [9.17, 15) is 4.79 Å². The van der Waals surface area contributed by atoms with Gasteiger partial charge in [-0.25, -0.2) is 0 Å². The van der Waals surface area contributed by atoms with Crippen molar-refractivity contribution in [1.82, 2.24) is 5.32 Å². The van der Waals surface area contributed by atoms with Crippen LogP contribution in [0.1, 0.15) is 31.7 Å². The molecule has 1 aromatic carbocycles. The van der Waals surface area contributed by atoms with Gasteiger partial charge in [-0.3, -0.25) is 4.79 Å². The van der Waals surface area contributed by atoms with Crippen molar-refractivity contribution in [2.75, 3.05) is 6.54 Å². The van der Waals surface area contributed by atoms with Crippen molar-refractivity contribution in [1.29, 1.82) is 0 Å². The van der Waals surface area contributed by atoms with Crippen LogP contribution < -0.4 is 11.1 Å². The van der Waals surface area contributed by atoms with Gasteiger partial charge < -0.3 is 11.1 Å². The summed E-state index contributed by atoms with van der Waals surface area (Å²) in [5.41, 5.74) is 6.89. The number of amides is 1. The monoisotopic (exact) mass is 268 g/mol. The average molecular weight is 269 g/mol. The first-order valence-corrected chi connectivity index (χ1v) is 6.79. The van der Waals surface area contributed by atoms with Crippen LogP contribution in [0.2, 0.25) is 5.02 Å². The maximum atomic E-state index is 11.6. The fourth-order valence-electron chi connectivity index (χ4n) is 1.71. The van der Waals surface area contributed by atoms with Gasteiger partial charge in [-0.15, -0.1) is 0 Å². The van der Waals surface area contributed by atoms with Gasteiger partial charge in [0.2, 0.25) is 5.91 Å². The second-order valence-corrected chi connectivity index (χ2v) is 4.86. The van der Waals surface area contributed by atoms with E-state index in [-0.39, 0.29) is 11.9 Å². The number of benzene rings is 1. The Bertz CT molecular complexity index is 382. The predicted octanol–water partition coefficient (Wildman–Crippen LogP) is 2.52. The van der Waals surface area contributed by atoms with Crippen LogP contribution in [0.4, 0.5) is 0 Å². The number of hydrogen-bond donors (Lipinski definition) is 2. The molecule has 0 aliphatic carbocycles. The van der Waals surface area contributed by atoms with Crippen LogP contribution in [-0.4, -0.2) is 18.5 Å². The molecule has 0 spiro atoms. The first-order valence-electron chi connectivity index (χ1n) is 6.41. The van der Waals surface area contributed by atoms with Gasteiger partial charge in [0, 0.05) is 11.6 Å². The molecule has 18 heavy (non-hydrogen) atoms. The molecular formula is C14H21ClN2O. The third-order valence-electron chi connectivity index (χ3n) is 2.81. The molecule has 1 rings (SSSR count). The number of hydrogen-bond acceptors (Lipinski definition) is 2. The molecule has 0 aliphatic heterocycles. The first kappa shape index (κ1) is 15.0. The Kier molecular flexibility index (Phi) is 6.76. The van der Waals surface area contributed by atoms with E-state index in [0.29, 0.717) is 6.54 Å². The fraction of sp³-hybridized carbons (Fsp3) is 0.500. The largest absolute Gasteiger partial charge is 0.354 e. The molecule has 1 atom stereocenters. The lowest BCUT2D eigenvalue weighted by atomic mass is 10.1. The zero-order chi connectivity index (χ0) is 13.4. The van der Waals surface area contributed by atoms with Gasteiger partial charge in [0.05, 0.1) is 6.04 Å². The summed E-state index contributed by atoms with van der Waals surface area (Å²) >= 11 is 5.89. The zero-order valence-corrected chi connectivity index (χ0v) is 11.5. The van der Waals surface area contributed by atoms with Crippen molar-refractivity contribution >= 4 is 17.5 Å². The number of nitrogens with two attached hydrogens (primary N) is 1. The summed E-state index contributed by atoms with van der Waals surface area (Å²) in [5.74, 6) is -0.0644. The molecule has 0 radical (unpaired) electrons. The van der Waals surface area contributed by atoms with Crippen LogP contribution in [-0.2, 0) is 11.2 Å². The number of unbranched alkanes of at least 4 members (excludes halogenated alkanes) is 1. The highest BCUT2D eigenvalue weighted by Gasteiger charge is 2.11. The maximum absolute atomic E-state index is 11.6.